The number of carbonyl (C=O) groups excluding carboxylic acids is 3. The maximum atomic E-state index is 12.5. The summed E-state index contributed by atoms with van der Waals surface area (Å²) in [6, 6.07) is 8.80. The molecule has 1 aliphatic rings. The van der Waals surface area contributed by atoms with Gasteiger partial charge in [-0.1, -0.05) is 19.9 Å². The van der Waals surface area contributed by atoms with Crippen molar-refractivity contribution in [1.82, 2.24) is 4.90 Å². The molecule has 0 spiro atoms. The Morgan fingerprint density at radius 3 is 2.24 bits per heavy atom. The fourth-order valence-corrected chi connectivity index (χ4v) is 3.45. The fourth-order valence-electron chi connectivity index (χ4n) is 2.93. The lowest BCUT2D eigenvalue weighted by Gasteiger charge is -2.15. The zero-order chi connectivity index (χ0) is 21.3. The van der Waals surface area contributed by atoms with Gasteiger partial charge >= 0.3 is 6.03 Å². The van der Waals surface area contributed by atoms with Gasteiger partial charge in [-0.2, -0.15) is 8.42 Å². The smallest absolute Gasteiger partial charge is 0.308 e. The normalized spacial score (nSPS) is 13.6. The average molecular weight is 417 g/mol. The summed E-state index contributed by atoms with van der Waals surface area (Å²) in [6.45, 7) is 4.11. The van der Waals surface area contributed by atoms with Crippen molar-refractivity contribution >= 4 is 39.3 Å². The lowest BCUT2D eigenvalue weighted by atomic mass is 10.1. The Morgan fingerprint density at radius 1 is 1.00 bits per heavy atom. The summed E-state index contributed by atoms with van der Waals surface area (Å²) in [5.74, 6) is -0.653. The summed E-state index contributed by atoms with van der Waals surface area (Å²) < 4.78 is 31.4. The first-order valence-electron chi connectivity index (χ1n) is 8.72. The van der Waals surface area contributed by atoms with Crippen molar-refractivity contribution in [3.63, 3.8) is 0 Å². The number of nitrogens with one attached hydrogen (secondary N) is 2. The number of carbonyl (C=O) groups is 3. The van der Waals surface area contributed by atoms with Gasteiger partial charge in [-0.25, -0.2) is 4.79 Å². The highest BCUT2D eigenvalue weighted by molar-refractivity contribution is 7.85. The number of benzene rings is 2. The molecule has 3 rings (SSSR count). The summed E-state index contributed by atoms with van der Waals surface area (Å²) >= 11 is 0. The molecule has 4 amide bonds. The molecule has 152 valence electrons. The number of amides is 4. The van der Waals surface area contributed by atoms with Crippen molar-refractivity contribution in [2.24, 2.45) is 5.92 Å². The molecular weight excluding hydrogens is 398 g/mol. The standard InChI is InChI=1S/C19H19N3O6S/c1-11(2)10-22-17(23)15-7-6-13(9-16(15)18(22)24)21-19(25)20-12-4-3-5-14(8-12)29(26,27)28/h3-9,11H,10H2,1-2H3,(H2,20,21,25)(H,26,27,28). The van der Waals surface area contributed by atoms with Crippen LogP contribution in [0.1, 0.15) is 34.6 Å². The summed E-state index contributed by atoms with van der Waals surface area (Å²) in [5, 5.41) is 4.96. The van der Waals surface area contributed by atoms with Crippen LogP contribution in [0.5, 0.6) is 0 Å². The molecule has 0 fully saturated rings. The summed E-state index contributed by atoms with van der Waals surface area (Å²) in [7, 11) is -4.40. The zero-order valence-corrected chi connectivity index (χ0v) is 16.5. The quantitative estimate of drug-likeness (QED) is 0.506. The second-order valence-corrected chi connectivity index (χ2v) is 8.38. The fraction of sp³-hybridized carbons (Fsp3) is 0.211. The van der Waals surface area contributed by atoms with Crippen LogP contribution in [0.15, 0.2) is 47.4 Å². The maximum Gasteiger partial charge on any atom is 0.323 e. The van der Waals surface area contributed by atoms with Gasteiger partial charge in [0.2, 0.25) is 0 Å². The zero-order valence-electron chi connectivity index (χ0n) is 15.7. The van der Waals surface area contributed by atoms with Crippen LogP contribution in [0.3, 0.4) is 0 Å². The highest BCUT2D eigenvalue weighted by Gasteiger charge is 2.35. The van der Waals surface area contributed by atoms with Gasteiger partial charge in [-0.05, 0) is 42.3 Å². The van der Waals surface area contributed by atoms with E-state index in [0.717, 1.165) is 6.07 Å². The van der Waals surface area contributed by atoms with Crippen LogP contribution in [-0.4, -0.2) is 42.3 Å². The molecule has 0 bridgehead atoms. The van der Waals surface area contributed by atoms with Crippen LogP contribution in [0.25, 0.3) is 0 Å². The van der Waals surface area contributed by atoms with Crippen LogP contribution in [-0.2, 0) is 10.1 Å². The first-order valence-corrected chi connectivity index (χ1v) is 10.2. The molecule has 0 saturated heterocycles. The van der Waals surface area contributed by atoms with Gasteiger partial charge in [0.15, 0.2) is 0 Å². The number of hydrogen-bond donors (Lipinski definition) is 3. The predicted octanol–water partition coefficient (Wildman–Crippen LogP) is 2.83. The van der Waals surface area contributed by atoms with Gasteiger partial charge in [0.1, 0.15) is 0 Å². The molecule has 3 N–H and O–H groups in total. The minimum atomic E-state index is -4.40. The first-order chi connectivity index (χ1) is 13.6. The van der Waals surface area contributed by atoms with Crippen LogP contribution >= 0.6 is 0 Å². The third-order valence-corrected chi connectivity index (χ3v) is 5.02. The third kappa shape index (κ3) is 4.44. The van der Waals surface area contributed by atoms with E-state index >= 15 is 0 Å². The molecule has 2 aromatic rings. The molecule has 9 nitrogen and oxygen atoms in total. The Balaban J connectivity index is 1.75. The van der Waals surface area contributed by atoms with E-state index in [4.69, 9.17) is 4.55 Å². The summed E-state index contributed by atoms with van der Waals surface area (Å²) in [5.41, 5.74) is 0.928. The molecule has 0 aliphatic carbocycles. The number of nitrogens with zero attached hydrogens (tertiary/aromatic N) is 1. The Bertz CT molecular complexity index is 1110. The maximum absolute atomic E-state index is 12.5. The van der Waals surface area contributed by atoms with Crippen LogP contribution in [0, 0.1) is 5.92 Å². The molecule has 0 saturated carbocycles. The van der Waals surface area contributed by atoms with Crippen molar-refractivity contribution in [2.75, 3.05) is 17.2 Å². The van der Waals surface area contributed by atoms with E-state index in [1.807, 2.05) is 13.8 Å². The number of fused-ring (bicyclic) bond motifs is 1. The molecule has 0 atom stereocenters. The van der Waals surface area contributed by atoms with Gasteiger partial charge in [-0.15, -0.1) is 0 Å². The number of urea groups is 1. The summed E-state index contributed by atoms with van der Waals surface area (Å²) in [6.07, 6.45) is 0. The SMILES string of the molecule is CC(C)CN1C(=O)c2ccc(NC(=O)Nc3cccc(S(=O)(=O)O)c3)cc2C1=O. The molecule has 2 aromatic carbocycles. The molecule has 0 aromatic heterocycles. The molecular formula is C19H19N3O6S. The van der Waals surface area contributed by atoms with Crippen LogP contribution < -0.4 is 10.6 Å². The predicted molar refractivity (Wildman–Crippen MR) is 106 cm³/mol. The van der Waals surface area contributed by atoms with Crippen molar-refractivity contribution in [2.45, 2.75) is 18.7 Å². The number of imide groups is 1. The Kier molecular flexibility index (Phi) is 5.40. The number of anilines is 2. The van der Waals surface area contributed by atoms with E-state index in [9.17, 15) is 22.8 Å². The molecule has 0 unspecified atom stereocenters. The lowest BCUT2D eigenvalue weighted by Crippen LogP contribution is -2.33. The van der Waals surface area contributed by atoms with E-state index < -0.39 is 22.1 Å². The van der Waals surface area contributed by atoms with Gasteiger partial charge in [0.25, 0.3) is 21.9 Å². The van der Waals surface area contributed by atoms with Gasteiger partial charge < -0.3 is 10.6 Å². The average Bonchev–Trinajstić information content (AvgIpc) is 2.85. The van der Waals surface area contributed by atoms with Gasteiger partial charge in [0, 0.05) is 17.9 Å². The van der Waals surface area contributed by atoms with Crippen molar-refractivity contribution in [3.05, 3.63) is 53.6 Å². The van der Waals surface area contributed by atoms with E-state index in [0.29, 0.717) is 12.2 Å². The minimum Gasteiger partial charge on any atom is -0.308 e. The van der Waals surface area contributed by atoms with Crippen molar-refractivity contribution in [1.29, 1.82) is 0 Å². The second-order valence-electron chi connectivity index (χ2n) is 6.96. The highest BCUT2D eigenvalue weighted by atomic mass is 32.2. The van der Waals surface area contributed by atoms with E-state index in [2.05, 4.69) is 10.6 Å². The first kappa shape index (κ1) is 20.5. The lowest BCUT2D eigenvalue weighted by molar-refractivity contribution is 0.0636. The number of hydrogen-bond acceptors (Lipinski definition) is 5. The monoisotopic (exact) mass is 417 g/mol. The number of rotatable bonds is 5. The van der Waals surface area contributed by atoms with E-state index in [1.54, 1.807) is 0 Å². The van der Waals surface area contributed by atoms with Crippen molar-refractivity contribution < 1.29 is 27.4 Å². The summed E-state index contributed by atoms with van der Waals surface area (Å²) in [4.78, 5) is 37.9. The van der Waals surface area contributed by atoms with Gasteiger partial charge in [-0.3, -0.25) is 19.0 Å². The third-order valence-electron chi connectivity index (χ3n) is 4.17. The molecule has 29 heavy (non-hydrogen) atoms. The molecule has 0 radical (unpaired) electrons. The van der Waals surface area contributed by atoms with Crippen molar-refractivity contribution in [3.8, 4) is 0 Å². The largest absolute Gasteiger partial charge is 0.323 e. The van der Waals surface area contributed by atoms with Crippen LogP contribution in [0.4, 0.5) is 16.2 Å². The van der Waals surface area contributed by atoms with E-state index in [-0.39, 0.29) is 33.5 Å². The molecule has 10 heteroatoms. The topological polar surface area (TPSA) is 133 Å². The highest BCUT2D eigenvalue weighted by Crippen LogP contribution is 2.26. The molecule has 1 heterocycles. The Morgan fingerprint density at radius 2 is 1.62 bits per heavy atom. The Hall–Kier alpha value is -3.24. The Labute approximate surface area is 167 Å². The minimum absolute atomic E-state index is 0.124. The van der Waals surface area contributed by atoms with E-state index in [1.165, 1.54) is 41.3 Å². The molecule has 1 aliphatic heterocycles. The van der Waals surface area contributed by atoms with Crippen LogP contribution in [0.2, 0.25) is 0 Å². The second kappa shape index (κ2) is 7.64. The van der Waals surface area contributed by atoms with Gasteiger partial charge in [0.05, 0.1) is 16.0 Å².